The molecular formula is C16H20O. The topological polar surface area (TPSA) is 9.23 Å². The first-order chi connectivity index (χ1) is 8.35. The van der Waals surface area contributed by atoms with Crippen LogP contribution in [0.25, 0.3) is 10.8 Å². The molecule has 2 aromatic carbocycles. The maximum absolute atomic E-state index is 6.12. The third-order valence-corrected chi connectivity index (χ3v) is 3.11. The van der Waals surface area contributed by atoms with Crippen LogP contribution in [0, 0.1) is 0 Å². The highest BCUT2D eigenvalue weighted by Crippen LogP contribution is 2.27. The highest BCUT2D eigenvalue weighted by atomic mass is 16.5. The Hall–Kier alpha value is -1.50. The first-order valence-electron chi connectivity index (χ1n) is 6.49. The van der Waals surface area contributed by atoms with Gasteiger partial charge in [0.15, 0.2) is 0 Å². The lowest BCUT2D eigenvalue weighted by Crippen LogP contribution is -2.14. The molecule has 0 aliphatic carbocycles. The molecule has 1 heteroatoms. The molecule has 1 unspecified atom stereocenters. The molecule has 0 aromatic heterocycles. The Morgan fingerprint density at radius 2 is 1.76 bits per heavy atom. The molecule has 2 rings (SSSR count). The summed E-state index contributed by atoms with van der Waals surface area (Å²) < 4.78 is 6.12. The Labute approximate surface area is 103 Å². The Bertz CT molecular complexity index is 470. The van der Waals surface area contributed by atoms with Crippen molar-refractivity contribution in [2.24, 2.45) is 0 Å². The van der Waals surface area contributed by atoms with E-state index in [2.05, 4.69) is 56.3 Å². The minimum absolute atomic E-state index is 0.339. The molecule has 0 amide bonds. The van der Waals surface area contributed by atoms with Crippen molar-refractivity contribution >= 4 is 10.8 Å². The van der Waals surface area contributed by atoms with Gasteiger partial charge in [-0.2, -0.15) is 0 Å². The Morgan fingerprint density at radius 3 is 2.53 bits per heavy atom. The number of fused-ring (bicyclic) bond motifs is 1. The lowest BCUT2D eigenvalue weighted by atomic mass is 10.1. The van der Waals surface area contributed by atoms with Gasteiger partial charge in [-0.3, -0.25) is 0 Å². The predicted octanol–water partition coefficient (Wildman–Crippen LogP) is 4.80. The van der Waals surface area contributed by atoms with Crippen LogP contribution < -0.4 is 4.74 Å². The molecule has 17 heavy (non-hydrogen) atoms. The van der Waals surface area contributed by atoms with Gasteiger partial charge in [0.25, 0.3) is 0 Å². The van der Waals surface area contributed by atoms with E-state index in [1.54, 1.807) is 0 Å². The van der Waals surface area contributed by atoms with Crippen molar-refractivity contribution in [2.75, 3.05) is 0 Å². The molecule has 0 bridgehead atoms. The molecule has 0 fully saturated rings. The summed E-state index contributed by atoms with van der Waals surface area (Å²) in [5.41, 5.74) is 0. The second-order valence-electron chi connectivity index (χ2n) is 4.41. The van der Waals surface area contributed by atoms with Crippen LogP contribution in [-0.4, -0.2) is 6.10 Å². The zero-order valence-corrected chi connectivity index (χ0v) is 10.6. The molecule has 0 saturated carbocycles. The second-order valence-corrected chi connectivity index (χ2v) is 4.41. The van der Waals surface area contributed by atoms with E-state index in [9.17, 15) is 0 Å². The van der Waals surface area contributed by atoms with Crippen LogP contribution in [-0.2, 0) is 0 Å². The van der Waals surface area contributed by atoms with Gasteiger partial charge in [0.1, 0.15) is 5.75 Å². The molecule has 0 aliphatic rings. The zero-order valence-electron chi connectivity index (χ0n) is 10.6. The number of hydrogen-bond acceptors (Lipinski definition) is 1. The van der Waals surface area contributed by atoms with E-state index in [-0.39, 0.29) is 0 Å². The maximum atomic E-state index is 6.12. The molecule has 2 aromatic rings. The number of benzene rings is 2. The first kappa shape index (κ1) is 12.0. The minimum atomic E-state index is 0.339. The summed E-state index contributed by atoms with van der Waals surface area (Å²) in [5, 5.41) is 2.46. The van der Waals surface area contributed by atoms with Gasteiger partial charge in [-0.15, -0.1) is 0 Å². The van der Waals surface area contributed by atoms with Gasteiger partial charge in [-0.1, -0.05) is 56.7 Å². The van der Waals surface area contributed by atoms with Crippen LogP contribution in [0.3, 0.4) is 0 Å². The maximum Gasteiger partial charge on any atom is 0.127 e. The van der Waals surface area contributed by atoms with E-state index in [4.69, 9.17) is 4.74 Å². The van der Waals surface area contributed by atoms with E-state index >= 15 is 0 Å². The summed E-state index contributed by atoms with van der Waals surface area (Å²) in [7, 11) is 0. The average Bonchev–Trinajstić information content (AvgIpc) is 2.38. The molecule has 1 nitrogen and oxygen atoms in total. The smallest absolute Gasteiger partial charge is 0.127 e. The zero-order chi connectivity index (χ0) is 12.1. The van der Waals surface area contributed by atoms with Gasteiger partial charge in [0, 0.05) is 5.39 Å². The van der Waals surface area contributed by atoms with Crippen molar-refractivity contribution in [1.82, 2.24) is 0 Å². The summed E-state index contributed by atoms with van der Waals surface area (Å²) in [4.78, 5) is 0. The van der Waals surface area contributed by atoms with E-state index in [0.29, 0.717) is 6.10 Å². The normalized spacial score (nSPS) is 12.6. The Kier molecular flexibility index (Phi) is 4.03. The molecule has 0 spiro atoms. The van der Waals surface area contributed by atoms with E-state index in [0.717, 1.165) is 18.6 Å². The first-order valence-corrected chi connectivity index (χ1v) is 6.49. The van der Waals surface area contributed by atoms with Gasteiger partial charge in [-0.25, -0.2) is 0 Å². The highest BCUT2D eigenvalue weighted by Gasteiger charge is 2.08. The van der Waals surface area contributed by atoms with Crippen molar-refractivity contribution in [3.63, 3.8) is 0 Å². The van der Waals surface area contributed by atoms with Crippen molar-refractivity contribution in [1.29, 1.82) is 0 Å². The Balaban J connectivity index is 2.28. The third kappa shape index (κ3) is 2.79. The minimum Gasteiger partial charge on any atom is -0.490 e. The SMILES string of the molecule is CCCC(CC)Oc1cccc2ccccc12. The van der Waals surface area contributed by atoms with Gasteiger partial charge in [0.05, 0.1) is 6.10 Å². The fourth-order valence-electron chi connectivity index (χ4n) is 2.15. The monoisotopic (exact) mass is 228 g/mol. The van der Waals surface area contributed by atoms with Crippen LogP contribution in [0.1, 0.15) is 33.1 Å². The van der Waals surface area contributed by atoms with E-state index in [1.807, 2.05) is 0 Å². The summed E-state index contributed by atoms with van der Waals surface area (Å²) in [5.74, 6) is 1.02. The second kappa shape index (κ2) is 5.72. The van der Waals surface area contributed by atoms with Crippen molar-refractivity contribution in [2.45, 2.75) is 39.2 Å². The van der Waals surface area contributed by atoms with Gasteiger partial charge >= 0.3 is 0 Å². The average molecular weight is 228 g/mol. The van der Waals surface area contributed by atoms with Crippen LogP contribution in [0.15, 0.2) is 42.5 Å². The molecule has 0 N–H and O–H groups in total. The summed E-state index contributed by atoms with van der Waals surface area (Å²) in [6, 6.07) is 14.7. The molecule has 0 radical (unpaired) electrons. The van der Waals surface area contributed by atoms with Gasteiger partial charge in [0.2, 0.25) is 0 Å². The molecule has 1 atom stereocenters. The van der Waals surface area contributed by atoms with Crippen molar-refractivity contribution < 1.29 is 4.74 Å². The summed E-state index contributed by atoms with van der Waals surface area (Å²) in [6.07, 6.45) is 3.70. The fraction of sp³-hybridized carbons (Fsp3) is 0.375. The number of ether oxygens (including phenoxy) is 1. The number of rotatable bonds is 5. The van der Waals surface area contributed by atoms with Gasteiger partial charge in [-0.05, 0) is 24.3 Å². The lowest BCUT2D eigenvalue weighted by molar-refractivity contribution is 0.188. The van der Waals surface area contributed by atoms with Crippen LogP contribution in [0.4, 0.5) is 0 Å². The quantitative estimate of drug-likeness (QED) is 0.714. The molecule has 0 aliphatic heterocycles. The standard InChI is InChI=1S/C16H20O/c1-3-8-14(4-2)17-16-12-7-10-13-9-5-6-11-15(13)16/h5-7,9-12,14H,3-4,8H2,1-2H3. The molecule has 0 saturated heterocycles. The Morgan fingerprint density at radius 1 is 1.00 bits per heavy atom. The van der Waals surface area contributed by atoms with Crippen LogP contribution in [0.2, 0.25) is 0 Å². The van der Waals surface area contributed by atoms with Crippen molar-refractivity contribution in [3.8, 4) is 5.75 Å². The largest absolute Gasteiger partial charge is 0.490 e. The summed E-state index contributed by atoms with van der Waals surface area (Å²) >= 11 is 0. The third-order valence-electron chi connectivity index (χ3n) is 3.11. The van der Waals surface area contributed by atoms with Crippen LogP contribution >= 0.6 is 0 Å². The fourth-order valence-corrected chi connectivity index (χ4v) is 2.15. The van der Waals surface area contributed by atoms with Crippen molar-refractivity contribution in [3.05, 3.63) is 42.5 Å². The van der Waals surface area contributed by atoms with Gasteiger partial charge < -0.3 is 4.74 Å². The lowest BCUT2D eigenvalue weighted by Gasteiger charge is -2.18. The number of hydrogen-bond donors (Lipinski definition) is 0. The highest BCUT2D eigenvalue weighted by molar-refractivity contribution is 5.88. The van der Waals surface area contributed by atoms with E-state index in [1.165, 1.54) is 17.2 Å². The summed E-state index contributed by atoms with van der Waals surface area (Å²) in [6.45, 7) is 4.39. The van der Waals surface area contributed by atoms with E-state index < -0.39 is 0 Å². The van der Waals surface area contributed by atoms with Crippen LogP contribution in [0.5, 0.6) is 5.75 Å². The molecule has 0 heterocycles. The molecule has 90 valence electrons. The predicted molar refractivity (Wildman–Crippen MR) is 73.6 cm³/mol. The molecular weight excluding hydrogens is 208 g/mol.